The van der Waals surface area contributed by atoms with Crippen LogP contribution in [0.25, 0.3) is 0 Å². The van der Waals surface area contributed by atoms with Crippen molar-refractivity contribution in [1.82, 2.24) is 4.90 Å². The Labute approximate surface area is 97.3 Å². The minimum absolute atomic E-state index is 0.0489. The molecule has 0 aromatic heterocycles. The summed E-state index contributed by atoms with van der Waals surface area (Å²) in [5, 5.41) is 0. The number of carbonyl (C=O) groups is 1. The molecule has 2 heteroatoms. The smallest absolute Gasteiger partial charge is 0.254 e. The topological polar surface area (TPSA) is 20.3 Å². The van der Waals surface area contributed by atoms with E-state index in [-0.39, 0.29) is 17.4 Å². The van der Waals surface area contributed by atoms with E-state index < -0.39 is 0 Å². The lowest BCUT2D eigenvalue weighted by atomic mass is 9.93. The van der Waals surface area contributed by atoms with Crippen molar-refractivity contribution in [2.45, 2.75) is 33.7 Å². The maximum atomic E-state index is 12.1. The van der Waals surface area contributed by atoms with Crippen LogP contribution in [0.1, 0.15) is 27.7 Å². The molecule has 1 aliphatic carbocycles. The van der Waals surface area contributed by atoms with E-state index in [4.69, 9.17) is 0 Å². The van der Waals surface area contributed by atoms with Gasteiger partial charge in [0.2, 0.25) is 0 Å². The molecule has 2 aliphatic rings. The summed E-state index contributed by atoms with van der Waals surface area (Å²) in [5.41, 5.74) is 2.07. The van der Waals surface area contributed by atoms with E-state index in [1.807, 2.05) is 11.0 Å². The minimum Gasteiger partial charge on any atom is -0.332 e. The molecule has 0 unspecified atom stereocenters. The lowest BCUT2D eigenvalue weighted by Crippen LogP contribution is -2.33. The number of amides is 1. The van der Waals surface area contributed by atoms with Crippen molar-refractivity contribution in [3.63, 3.8) is 0 Å². The Morgan fingerprint density at radius 1 is 1.25 bits per heavy atom. The van der Waals surface area contributed by atoms with Gasteiger partial charge in [0.1, 0.15) is 0 Å². The van der Waals surface area contributed by atoms with Gasteiger partial charge in [0.25, 0.3) is 5.91 Å². The molecular formula is C14H19NO. The van der Waals surface area contributed by atoms with Crippen molar-refractivity contribution >= 4 is 5.91 Å². The summed E-state index contributed by atoms with van der Waals surface area (Å²) >= 11 is 0. The van der Waals surface area contributed by atoms with Gasteiger partial charge in [-0.3, -0.25) is 4.79 Å². The molecule has 0 atom stereocenters. The predicted molar refractivity (Wildman–Crippen MR) is 65.9 cm³/mol. The summed E-state index contributed by atoms with van der Waals surface area (Å²) in [6, 6.07) is 0.272. The highest BCUT2D eigenvalue weighted by molar-refractivity contribution is 6.00. The van der Waals surface area contributed by atoms with Crippen molar-refractivity contribution < 1.29 is 4.79 Å². The van der Waals surface area contributed by atoms with Gasteiger partial charge < -0.3 is 4.90 Å². The predicted octanol–water partition coefficient (Wildman–Crippen LogP) is 2.69. The Hall–Kier alpha value is -1.31. The van der Waals surface area contributed by atoms with Crippen LogP contribution < -0.4 is 0 Å². The normalized spacial score (nSPS) is 23.1. The third-order valence-corrected chi connectivity index (χ3v) is 3.19. The van der Waals surface area contributed by atoms with E-state index in [1.165, 1.54) is 0 Å². The number of hydrogen-bond donors (Lipinski definition) is 0. The van der Waals surface area contributed by atoms with Gasteiger partial charge >= 0.3 is 0 Å². The Balaban J connectivity index is 2.32. The summed E-state index contributed by atoms with van der Waals surface area (Å²) < 4.78 is 0. The molecule has 86 valence electrons. The standard InChI is InChI=1S/C14H19NO/c1-10(2)15-9-11-5-7-14(3,4)8-6-12(11)13(15)16/h5-8,10H,9H2,1-4H3. The Bertz CT molecular complexity index is 410. The first-order chi connectivity index (χ1) is 7.41. The summed E-state index contributed by atoms with van der Waals surface area (Å²) in [4.78, 5) is 14.0. The second kappa shape index (κ2) is 3.62. The molecule has 2 rings (SSSR count). The zero-order valence-corrected chi connectivity index (χ0v) is 10.4. The zero-order chi connectivity index (χ0) is 11.9. The molecule has 2 nitrogen and oxygen atoms in total. The Morgan fingerprint density at radius 3 is 2.50 bits per heavy atom. The van der Waals surface area contributed by atoms with Gasteiger partial charge in [-0.05, 0) is 19.4 Å². The first-order valence-electron chi connectivity index (χ1n) is 5.83. The molecule has 1 heterocycles. The van der Waals surface area contributed by atoms with Crippen LogP contribution in [0.4, 0.5) is 0 Å². The molecule has 0 fully saturated rings. The fourth-order valence-corrected chi connectivity index (χ4v) is 2.04. The average Bonchev–Trinajstić information content (AvgIpc) is 2.41. The van der Waals surface area contributed by atoms with Gasteiger partial charge in [-0.1, -0.05) is 38.2 Å². The van der Waals surface area contributed by atoms with Gasteiger partial charge in [0, 0.05) is 23.6 Å². The fraction of sp³-hybridized carbons (Fsp3) is 0.500. The fourth-order valence-electron chi connectivity index (χ4n) is 2.04. The highest BCUT2D eigenvalue weighted by Gasteiger charge is 2.30. The molecule has 16 heavy (non-hydrogen) atoms. The molecule has 0 aromatic rings. The molecule has 0 radical (unpaired) electrons. The van der Waals surface area contributed by atoms with Crippen LogP contribution in [0.15, 0.2) is 35.5 Å². The van der Waals surface area contributed by atoms with Gasteiger partial charge in [-0.15, -0.1) is 0 Å². The van der Waals surface area contributed by atoms with E-state index in [0.717, 1.165) is 17.7 Å². The van der Waals surface area contributed by atoms with Crippen molar-refractivity contribution in [3.8, 4) is 0 Å². The number of nitrogens with zero attached hydrogens (tertiary/aromatic N) is 1. The van der Waals surface area contributed by atoms with Crippen LogP contribution in [0.2, 0.25) is 0 Å². The maximum Gasteiger partial charge on any atom is 0.254 e. The Kier molecular flexibility index (Phi) is 2.53. The lowest BCUT2D eigenvalue weighted by Gasteiger charge is -2.21. The second-order valence-corrected chi connectivity index (χ2v) is 5.45. The van der Waals surface area contributed by atoms with Crippen molar-refractivity contribution in [1.29, 1.82) is 0 Å². The monoisotopic (exact) mass is 217 g/mol. The van der Waals surface area contributed by atoms with Crippen LogP contribution in [-0.2, 0) is 4.79 Å². The largest absolute Gasteiger partial charge is 0.332 e. The number of allylic oxidation sites excluding steroid dienone is 2. The van der Waals surface area contributed by atoms with Crippen molar-refractivity contribution in [2.24, 2.45) is 5.41 Å². The number of carbonyl (C=O) groups excluding carboxylic acids is 1. The highest BCUT2D eigenvalue weighted by Crippen LogP contribution is 2.30. The molecular weight excluding hydrogens is 198 g/mol. The average molecular weight is 217 g/mol. The summed E-state index contributed by atoms with van der Waals surface area (Å²) in [6.45, 7) is 9.16. The first-order valence-corrected chi connectivity index (χ1v) is 5.83. The molecule has 1 aliphatic heterocycles. The van der Waals surface area contributed by atoms with Crippen LogP contribution in [0.3, 0.4) is 0 Å². The van der Waals surface area contributed by atoms with Crippen LogP contribution in [0, 0.1) is 5.41 Å². The third-order valence-electron chi connectivity index (χ3n) is 3.19. The van der Waals surface area contributed by atoms with Crippen LogP contribution >= 0.6 is 0 Å². The summed E-state index contributed by atoms with van der Waals surface area (Å²) in [7, 11) is 0. The van der Waals surface area contributed by atoms with Gasteiger partial charge in [-0.2, -0.15) is 0 Å². The van der Waals surface area contributed by atoms with Gasteiger partial charge in [-0.25, -0.2) is 0 Å². The van der Waals surface area contributed by atoms with Crippen LogP contribution in [-0.4, -0.2) is 23.4 Å². The maximum absolute atomic E-state index is 12.1. The van der Waals surface area contributed by atoms with E-state index in [2.05, 4.69) is 45.9 Å². The van der Waals surface area contributed by atoms with E-state index in [1.54, 1.807) is 0 Å². The Morgan fingerprint density at radius 2 is 1.88 bits per heavy atom. The van der Waals surface area contributed by atoms with Crippen molar-refractivity contribution in [2.75, 3.05) is 6.54 Å². The van der Waals surface area contributed by atoms with E-state index in [0.29, 0.717) is 0 Å². The second-order valence-electron chi connectivity index (χ2n) is 5.45. The van der Waals surface area contributed by atoms with Crippen LogP contribution in [0.5, 0.6) is 0 Å². The molecule has 0 aromatic carbocycles. The first kappa shape index (κ1) is 11.2. The minimum atomic E-state index is 0.0489. The molecule has 0 N–H and O–H groups in total. The quantitative estimate of drug-likeness (QED) is 0.661. The molecule has 0 saturated heterocycles. The molecule has 1 amide bonds. The van der Waals surface area contributed by atoms with Gasteiger partial charge in [0.05, 0.1) is 0 Å². The number of hydrogen-bond acceptors (Lipinski definition) is 1. The third kappa shape index (κ3) is 1.84. The highest BCUT2D eigenvalue weighted by atomic mass is 16.2. The SMILES string of the molecule is CC(C)N1CC2=C(C=CC(C)(C)C=C2)C1=O. The zero-order valence-electron chi connectivity index (χ0n) is 10.4. The summed E-state index contributed by atoms with van der Waals surface area (Å²) in [5.74, 6) is 0.170. The lowest BCUT2D eigenvalue weighted by molar-refractivity contribution is -0.126. The van der Waals surface area contributed by atoms with E-state index in [9.17, 15) is 4.79 Å². The number of rotatable bonds is 1. The molecule has 0 saturated carbocycles. The molecule has 0 spiro atoms. The molecule has 0 bridgehead atoms. The van der Waals surface area contributed by atoms with E-state index >= 15 is 0 Å². The van der Waals surface area contributed by atoms with Gasteiger partial charge in [0.15, 0.2) is 0 Å². The summed E-state index contributed by atoms with van der Waals surface area (Å²) in [6.07, 6.45) is 8.37. The van der Waals surface area contributed by atoms with Crippen molar-refractivity contribution in [3.05, 3.63) is 35.5 Å².